The second-order valence-corrected chi connectivity index (χ2v) is 5.82. The van der Waals surface area contributed by atoms with Crippen LogP contribution in [0, 0.1) is 31.0 Å². The molecule has 4 heteroatoms. The maximum atomic E-state index is 13.8. The van der Waals surface area contributed by atoms with Gasteiger partial charge in [-0.15, -0.1) is 6.42 Å². The standard InChI is InChI=1S/C19H19FO3.C2H6/c1-6-16-17(20)8-7-14-10-15(9-12(4)18(14)16)23-19(21)22-13(5)11(2)3;1-2/h1,7-11,13H,2-5H3;1-2H3. The molecule has 1 unspecified atom stereocenters. The van der Waals surface area contributed by atoms with Crippen molar-refractivity contribution in [1.29, 1.82) is 0 Å². The smallest absolute Gasteiger partial charge is 0.431 e. The monoisotopic (exact) mass is 344 g/mol. The molecule has 0 aromatic heterocycles. The highest BCUT2D eigenvalue weighted by atomic mass is 19.1. The largest absolute Gasteiger partial charge is 0.514 e. The van der Waals surface area contributed by atoms with Gasteiger partial charge < -0.3 is 9.47 Å². The minimum absolute atomic E-state index is 0.196. The average Bonchev–Trinajstić information content (AvgIpc) is 2.56. The van der Waals surface area contributed by atoms with Gasteiger partial charge in [0.25, 0.3) is 0 Å². The zero-order chi connectivity index (χ0) is 19.1. The third kappa shape index (κ3) is 4.96. The number of aryl methyl sites for hydroxylation is 1. The number of halogens is 1. The summed E-state index contributed by atoms with van der Waals surface area (Å²) in [6.45, 7) is 11.5. The minimum Gasteiger partial charge on any atom is -0.431 e. The minimum atomic E-state index is -0.760. The van der Waals surface area contributed by atoms with E-state index in [9.17, 15) is 9.18 Å². The summed E-state index contributed by atoms with van der Waals surface area (Å²) in [6, 6.07) is 6.20. The first kappa shape index (κ1) is 20.5. The highest BCUT2D eigenvalue weighted by Crippen LogP contribution is 2.29. The number of carbonyl (C=O) groups excluding carboxylic acids is 1. The molecule has 0 saturated heterocycles. The normalized spacial score (nSPS) is 11.3. The van der Waals surface area contributed by atoms with Crippen LogP contribution >= 0.6 is 0 Å². The summed E-state index contributed by atoms with van der Waals surface area (Å²) in [6.07, 6.45) is 4.39. The molecule has 3 nitrogen and oxygen atoms in total. The lowest BCUT2D eigenvalue weighted by Gasteiger charge is -2.16. The molecule has 0 aliphatic carbocycles. The highest BCUT2D eigenvalue weighted by molar-refractivity contribution is 5.92. The molecule has 2 rings (SSSR count). The molecule has 25 heavy (non-hydrogen) atoms. The molecule has 0 aliphatic rings. The molecule has 0 bridgehead atoms. The number of terminal acetylenes is 1. The molecular formula is C21H25FO3. The molecule has 0 aliphatic heterocycles. The van der Waals surface area contributed by atoms with Gasteiger partial charge in [-0.2, -0.15) is 0 Å². The van der Waals surface area contributed by atoms with E-state index in [2.05, 4.69) is 5.92 Å². The second kappa shape index (κ2) is 9.08. The van der Waals surface area contributed by atoms with E-state index in [1.807, 2.05) is 27.7 Å². The Morgan fingerprint density at radius 1 is 1.20 bits per heavy atom. The van der Waals surface area contributed by atoms with Gasteiger partial charge >= 0.3 is 6.16 Å². The van der Waals surface area contributed by atoms with Crippen molar-refractivity contribution in [1.82, 2.24) is 0 Å². The molecule has 134 valence electrons. The average molecular weight is 344 g/mol. The van der Waals surface area contributed by atoms with Crippen LogP contribution in [0.2, 0.25) is 0 Å². The first-order chi connectivity index (χ1) is 11.8. The Hall–Kier alpha value is -2.54. The lowest BCUT2D eigenvalue weighted by molar-refractivity contribution is 0.0466. The van der Waals surface area contributed by atoms with Gasteiger partial charge in [0.15, 0.2) is 0 Å². The molecule has 1 atom stereocenters. The SMILES string of the molecule is C#Cc1c(F)ccc2cc(OC(=O)OC(C)C(C)C)cc(C)c12.CC. The summed E-state index contributed by atoms with van der Waals surface area (Å²) in [7, 11) is 0. The maximum Gasteiger partial charge on any atom is 0.514 e. The lowest BCUT2D eigenvalue weighted by atomic mass is 9.99. The second-order valence-electron chi connectivity index (χ2n) is 5.82. The van der Waals surface area contributed by atoms with Gasteiger partial charge in [0.1, 0.15) is 17.7 Å². The van der Waals surface area contributed by atoms with Crippen molar-refractivity contribution < 1.29 is 18.7 Å². The number of hydrogen-bond acceptors (Lipinski definition) is 3. The number of fused-ring (bicyclic) bond motifs is 1. The predicted octanol–water partition coefficient (Wildman–Crippen LogP) is 5.85. The summed E-state index contributed by atoms with van der Waals surface area (Å²) < 4.78 is 24.2. The Labute approximate surface area is 149 Å². The van der Waals surface area contributed by atoms with Crippen LogP contribution < -0.4 is 4.74 Å². The van der Waals surface area contributed by atoms with E-state index in [0.29, 0.717) is 16.5 Å². The molecule has 2 aromatic rings. The van der Waals surface area contributed by atoms with Crippen LogP contribution in [-0.4, -0.2) is 12.3 Å². The van der Waals surface area contributed by atoms with Crippen molar-refractivity contribution in [3.63, 3.8) is 0 Å². The predicted molar refractivity (Wildman–Crippen MR) is 99.3 cm³/mol. The third-order valence-electron chi connectivity index (χ3n) is 3.80. The van der Waals surface area contributed by atoms with E-state index in [-0.39, 0.29) is 17.6 Å². The van der Waals surface area contributed by atoms with Crippen LogP contribution in [0.25, 0.3) is 10.8 Å². The number of carbonyl (C=O) groups is 1. The topological polar surface area (TPSA) is 35.5 Å². The molecular weight excluding hydrogens is 319 g/mol. The Morgan fingerprint density at radius 3 is 2.40 bits per heavy atom. The van der Waals surface area contributed by atoms with E-state index < -0.39 is 12.0 Å². The zero-order valence-corrected chi connectivity index (χ0v) is 15.6. The third-order valence-corrected chi connectivity index (χ3v) is 3.80. The van der Waals surface area contributed by atoms with Gasteiger partial charge in [0, 0.05) is 5.39 Å². The van der Waals surface area contributed by atoms with Crippen LogP contribution in [0.1, 0.15) is 45.7 Å². The Kier molecular flexibility index (Phi) is 7.44. The summed E-state index contributed by atoms with van der Waals surface area (Å²) in [5.41, 5.74) is 0.942. The molecule has 2 aromatic carbocycles. The van der Waals surface area contributed by atoms with Crippen molar-refractivity contribution in [3.8, 4) is 18.1 Å². The van der Waals surface area contributed by atoms with Crippen molar-refractivity contribution in [2.24, 2.45) is 5.92 Å². The van der Waals surface area contributed by atoms with Gasteiger partial charge in [-0.3, -0.25) is 0 Å². The van der Waals surface area contributed by atoms with Crippen molar-refractivity contribution in [3.05, 3.63) is 41.2 Å². The van der Waals surface area contributed by atoms with Crippen LogP contribution in [0.4, 0.5) is 9.18 Å². The van der Waals surface area contributed by atoms with Crippen LogP contribution in [0.5, 0.6) is 5.75 Å². The first-order valence-electron chi connectivity index (χ1n) is 8.41. The summed E-state index contributed by atoms with van der Waals surface area (Å²) in [4.78, 5) is 11.8. The van der Waals surface area contributed by atoms with Gasteiger partial charge in [-0.1, -0.05) is 39.7 Å². The van der Waals surface area contributed by atoms with Gasteiger partial charge in [0.05, 0.1) is 5.56 Å². The molecule has 0 fully saturated rings. The van der Waals surface area contributed by atoms with Gasteiger partial charge in [-0.05, 0) is 48.9 Å². The number of hydrogen-bond donors (Lipinski definition) is 0. The Balaban J connectivity index is 0.00000151. The van der Waals surface area contributed by atoms with Crippen molar-refractivity contribution in [2.75, 3.05) is 0 Å². The van der Waals surface area contributed by atoms with Gasteiger partial charge in [-0.25, -0.2) is 9.18 Å². The Morgan fingerprint density at radius 2 is 1.84 bits per heavy atom. The molecule has 0 N–H and O–H groups in total. The van der Waals surface area contributed by atoms with E-state index >= 15 is 0 Å². The van der Waals surface area contributed by atoms with E-state index in [4.69, 9.17) is 15.9 Å². The number of benzene rings is 2. The fourth-order valence-electron chi connectivity index (χ4n) is 2.23. The molecule has 0 radical (unpaired) electrons. The fourth-order valence-corrected chi connectivity index (χ4v) is 2.23. The quantitative estimate of drug-likeness (QED) is 0.398. The van der Waals surface area contributed by atoms with E-state index in [1.54, 1.807) is 32.0 Å². The van der Waals surface area contributed by atoms with Crippen LogP contribution in [0.3, 0.4) is 0 Å². The highest BCUT2D eigenvalue weighted by Gasteiger charge is 2.16. The number of rotatable bonds is 3. The van der Waals surface area contributed by atoms with Crippen LogP contribution in [-0.2, 0) is 4.74 Å². The summed E-state index contributed by atoms with van der Waals surface area (Å²) in [5.74, 6) is 2.46. The van der Waals surface area contributed by atoms with Crippen molar-refractivity contribution in [2.45, 2.75) is 47.6 Å². The lowest BCUT2D eigenvalue weighted by Crippen LogP contribution is -2.22. The Bertz CT molecular complexity index is 788. The molecule has 0 saturated carbocycles. The fraction of sp³-hybridized carbons (Fsp3) is 0.381. The molecule has 0 amide bonds. The summed E-state index contributed by atoms with van der Waals surface area (Å²) in [5, 5.41) is 1.35. The summed E-state index contributed by atoms with van der Waals surface area (Å²) >= 11 is 0. The molecule has 0 heterocycles. The first-order valence-corrected chi connectivity index (χ1v) is 8.41. The van der Waals surface area contributed by atoms with Gasteiger partial charge in [0.2, 0.25) is 0 Å². The van der Waals surface area contributed by atoms with Crippen LogP contribution in [0.15, 0.2) is 24.3 Å². The maximum absolute atomic E-state index is 13.8. The zero-order valence-electron chi connectivity index (χ0n) is 15.6. The number of ether oxygens (including phenoxy) is 2. The van der Waals surface area contributed by atoms with E-state index in [1.165, 1.54) is 6.07 Å². The van der Waals surface area contributed by atoms with Crippen molar-refractivity contribution >= 4 is 16.9 Å². The molecule has 0 spiro atoms. The van der Waals surface area contributed by atoms with E-state index in [0.717, 1.165) is 5.56 Å².